The molecule has 0 unspecified atom stereocenters. The van der Waals surface area contributed by atoms with Gasteiger partial charge in [0.1, 0.15) is 5.82 Å². The van der Waals surface area contributed by atoms with Crippen molar-refractivity contribution >= 4 is 11.6 Å². The van der Waals surface area contributed by atoms with Gasteiger partial charge < -0.3 is 10.1 Å². The maximum Gasteiger partial charge on any atom is 0.256 e. The van der Waals surface area contributed by atoms with Gasteiger partial charge >= 0.3 is 0 Å². The Balaban J connectivity index is 1.63. The number of hydrogen-bond acceptors (Lipinski definition) is 3. The molecular weight excluding hydrogens is 307 g/mol. The highest BCUT2D eigenvalue weighted by Gasteiger charge is 2.12. The van der Waals surface area contributed by atoms with E-state index in [1.54, 1.807) is 13.0 Å². The number of hydrogen-bond donors (Lipinski definition) is 1. The first-order valence-corrected chi connectivity index (χ1v) is 8.08. The molecule has 3 rings (SSSR count). The van der Waals surface area contributed by atoms with E-state index in [4.69, 9.17) is 4.74 Å². The standard InChI is InChI=1S/C19H21FN2O2/c1-14-2-5-16(20)12-18(14)19(23)21-17-6-3-15(4-7-17)13-22-8-10-24-11-9-22/h2-7,12H,8-11,13H2,1H3,(H,21,23). The zero-order chi connectivity index (χ0) is 16.9. The summed E-state index contributed by atoms with van der Waals surface area (Å²) in [5.41, 5.74) is 3.00. The van der Waals surface area contributed by atoms with E-state index >= 15 is 0 Å². The Morgan fingerprint density at radius 2 is 1.88 bits per heavy atom. The van der Waals surface area contributed by atoms with Crippen molar-refractivity contribution in [2.75, 3.05) is 31.6 Å². The summed E-state index contributed by atoms with van der Waals surface area (Å²) in [6.07, 6.45) is 0. The van der Waals surface area contributed by atoms with Crippen molar-refractivity contribution in [2.24, 2.45) is 0 Å². The molecule has 1 aliphatic heterocycles. The highest BCUT2D eigenvalue weighted by atomic mass is 19.1. The van der Waals surface area contributed by atoms with E-state index in [9.17, 15) is 9.18 Å². The molecule has 0 aliphatic carbocycles. The minimum atomic E-state index is -0.411. The normalized spacial score (nSPS) is 15.2. The summed E-state index contributed by atoms with van der Waals surface area (Å²) in [7, 11) is 0. The molecule has 0 spiro atoms. The Morgan fingerprint density at radius 1 is 1.17 bits per heavy atom. The maximum atomic E-state index is 13.3. The van der Waals surface area contributed by atoms with Gasteiger partial charge in [0, 0.05) is 30.9 Å². The summed E-state index contributed by atoms with van der Waals surface area (Å²) in [5, 5.41) is 2.82. The largest absolute Gasteiger partial charge is 0.379 e. The summed E-state index contributed by atoms with van der Waals surface area (Å²) < 4.78 is 18.7. The van der Waals surface area contributed by atoms with Gasteiger partial charge in [-0.1, -0.05) is 18.2 Å². The lowest BCUT2D eigenvalue weighted by atomic mass is 10.1. The summed E-state index contributed by atoms with van der Waals surface area (Å²) in [4.78, 5) is 14.6. The smallest absolute Gasteiger partial charge is 0.256 e. The first-order chi connectivity index (χ1) is 11.6. The van der Waals surface area contributed by atoms with Crippen molar-refractivity contribution in [1.29, 1.82) is 0 Å². The van der Waals surface area contributed by atoms with Crippen molar-refractivity contribution in [1.82, 2.24) is 4.90 Å². The average Bonchev–Trinajstić information content (AvgIpc) is 2.59. The first kappa shape index (κ1) is 16.6. The molecule has 0 aromatic heterocycles. The van der Waals surface area contributed by atoms with Gasteiger partial charge in [0.05, 0.1) is 13.2 Å². The zero-order valence-corrected chi connectivity index (χ0v) is 13.7. The van der Waals surface area contributed by atoms with Gasteiger partial charge in [0.15, 0.2) is 0 Å². The van der Waals surface area contributed by atoms with Gasteiger partial charge in [0.2, 0.25) is 0 Å². The van der Waals surface area contributed by atoms with Crippen LogP contribution in [0.5, 0.6) is 0 Å². The third-order valence-corrected chi connectivity index (χ3v) is 4.17. The second-order valence-electron chi connectivity index (χ2n) is 6.00. The number of morpholine rings is 1. The number of carbonyl (C=O) groups is 1. The quantitative estimate of drug-likeness (QED) is 0.937. The van der Waals surface area contributed by atoms with Crippen LogP contribution in [0.3, 0.4) is 0 Å². The van der Waals surface area contributed by atoms with Gasteiger partial charge in [-0.05, 0) is 42.3 Å². The SMILES string of the molecule is Cc1ccc(F)cc1C(=O)Nc1ccc(CN2CCOCC2)cc1. The van der Waals surface area contributed by atoms with Gasteiger partial charge in [-0.15, -0.1) is 0 Å². The molecule has 1 heterocycles. The van der Waals surface area contributed by atoms with E-state index in [1.807, 2.05) is 24.3 Å². The number of benzene rings is 2. The highest BCUT2D eigenvalue weighted by Crippen LogP contribution is 2.16. The Morgan fingerprint density at radius 3 is 2.58 bits per heavy atom. The number of ether oxygens (including phenoxy) is 1. The number of nitrogens with zero attached hydrogens (tertiary/aromatic N) is 1. The van der Waals surface area contributed by atoms with Gasteiger partial charge in [0.25, 0.3) is 5.91 Å². The third-order valence-electron chi connectivity index (χ3n) is 4.17. The molecule has 0 saturated carbocycles. The van der Waals surface area contributed by atoms with Gasteiger partial charge in [-0.3, -0.25) is 9.69 Å². The van der Waals surface area contributed by atoms with Crippen molar-refractivity contribution in [3.8, 4) is 0 Å². The summed E-state index contributed by atoms with van der Waals surface area (Å²) in [6, 6.07) is 12.0. The van der Waals surface area contributed by atoms with Gasteiger partial charge in [-0.25, -0.2) is 4.39 Å². The Bertz CT molecular complexity index is 710. The summed E-state index contributed by atoms with van der Waals surface area (Å²) in [6.45, 7) is 6.11. The van der Waals surface area contributed by atoms with Crippen LogP contribution < -0.4 is 5.32 Å². The third kappa shape index (κ3) is 4.19. The number of halogens is 1. The lowest BCUT2D eigenvalue weighted by molar-refractivity contribution is 0.0342. The molecule has 126 valence electrons. The zero-order valence-electron chi connectivity index (χ0n) is 13.7. The van der Waals surface area contributed by atoms with E-state index in [2.05, 4.69) is 10.2 Å². The fourth-order valence-corrected chi connectivity index (χ4v) is 2.75. The monoisotopic (exact) mass is 328 g/mol. The lowest BCUT2D eigenvalue weighted by Gasteiger charge is -2.26. The minimum Gasteiger partial charge on any atom is -0.379 e. The molecule has 1 N–H and O–H groups in total. The minimum absolute atomic E-state index is 0.298. The molecule has 0 radical (unpaired) electrons. The number of anilines is 1. The summed E-state index contributed by atoms with van der Waals surface area (Å²) >= 11 is 0. The molecule has 1 aliphatic rings. The molecule has 5 heteroatoms. The van der Waals surface area contributed by atoms with Crippen LogP contribution >= 0.6 is 0 Å². The van der Waals surface area contributed by atoms with E-state index in [0.29, 0.717) is 11.3 Å². The van der Waals surface area contributed by atoms with Crippen molar-refractivity contribution in [3.05, 3.63) is 65.0 Å². The number of nitrogens with one attached hydrogen (secondary N) is 1. The molecule has 0 atom stereocenters. The summed E-state index contributed by atoms with van der Waals surface area (Å²) in [5.74, 6) is -0.709. The number of carbonyl (C=O) groups excluding carboxylic acids is 1. The number of aryl methyl sites for hydroxylation is 1. The Kier molecular flexibility index (Phi) is 5.23. The van der Waals surface area contributed by atoms with Crippen LogP contribution in [0.1, 0.15) is 21.5 Å². The molecule has 1 fully saturated rings. The van der Waals surface area contributed by atoms with Crippen LogP contribution in [0, 0.1) is 12.7 Å². The van der Waals surface area contributed by atoms with Crippen LogP contribution in [0.15, 0.2) is 42.5 Å². The Labute approximate surface area is 141 Å². The average molecular weight is 328 g/mol. The van der Waals surface area contributed by atoms with E-state index in [-0.39, 0.29) is 5.91 Å². The topological polar surface area (TPSA) is 41.6 Å². The molecule has 0 bridgehead atoms. The van der Waals surface area contributed by atoms with Crippen LogP contribution in [0.2, 0.25) is 0 Å². The molecule has 2 aromatic rings. The molecule has 24 heavy (non-hydrogen) atoms. The van der Waals surface area contributed by atoms with Crippen LogP contribution in [0.4, 0.5) is 10.1 Å². The molecular formula is C19H21FN2O2. The van der Waals surface area contributed by atoms with Gasteiger partial charge in [-0.2, -0.15) is 0 Å². The fraction of sp³-hybridized carbons (Fsp3) is 0.316. The second-order valence-corrected chi connectivity index (χ2v) is 6.00. The predicted octanol–water partition coefficient (Wildman–Crippen LogP) is 3.22. The number of amides is 1. The molecule has 1 amide bonds. The van der Waals surface area contributed by atoms with E-state index in [0.717, 1.165) is 38.4 Å². The molecule has 1 saturated heterocycles. The van der Waals surface area contributed by atoms with E-state index < -0.39 is 5.82 Å². The Hall–Kier alpha value is -2.24. The first-order valence-electron chi connectivity index (χ1n) is 8.08. The lowest BCUT2D eigenvalue weighted by Crippen LogP contribution is -2.35. The van der Waals surface area contributed by atoms with Crippen LogP contribution in [-0.2, 0) is 11.3 Å². The van der Waals surface area contributed by atoms with Crippen molar-refractivity contribution < 1.29 is 13.9 Å². The molecule has 4 nitrogen and oxygen atoms in total. The van der Waals surface area contributed by atoms with Crippen LogP contribution in [0.25, 0.3) is 0 Å². The maximum absolute atomic E-state index is 13.3. The van der Waals surface area contributed by atoms with Crippen LogP contribution in [-0.4, -0.2) is 37.1 Å². The highest BCUT2D eigenvalue weighted by molar-refractivity contribution is 6.05. The predicted molar refractivity (Wildman–Crippen MR) is 91.6 cm³/mol. The second kappa shape index (κ2) is 7.55. The fourth-order valence-electron chi connectivity index (χ4n) is 2.75. The van der Waals surface area contributed by atoms with Crippen molar-refractivity contribution in [2.45, 2.75) is 13.5 Å². The van der Waals surface area contributed by atoms with Crippen molar-refractivity contribution in [3.63, 3.8) is 0 Å². The molecule has 2 aromatic carbocycles. The number of rotatable bonds is 4. The van der Waals surface area contributed by atoms with E-state index in [1.165, 1.54) is 17.7 Å².